The number of hydrogen-bond acceptors (Lipinski definition) is 6. The van der Waals surface area contributed by atoms with Crippen LogP contribution in [-0.4, -0.2) is 40.0 Å². The Labute approximate surface area is 235 Å². The summed E-state index contributed by atoms with van der Waals surface area (Å²) in [5, 5.41) is 0.0595. The van der Waals surface area contributed by atoms with Crippen LogP contribution >= 0.6 is 7.82 Å². The molecule has 222 valence electrons. The van der Waals surface area contributed by atoms with Crippen LogP contribution in [0.15, 0.2) is 23.3 Å². The van der Waals surface area contributed by atoms with Gasteiger partial charge in [-0.3, -0.25) is 18.4 Å². The van der Waals surface area contributed by atoms with Crippen LogP contribution in [0.25, 0.3) is 0 Å². The van der Waals surface area contributed by atoms with Crippen LogP contribution in [0.4, 0.5) is 0 Å². The number of allylic oxidation sites excluding steroid dienone is 2. The summed E-state index contributed by atoms with van der Waals surface area (Å²) in [6.45, 7) is 26.3. The topological polar surface area (TPSA) is 71.1 Å². The number of rotatable bonds is 15. The number of Topliss-reactive ketones (excluding diaryl/α,β-unsaturated/α-hetero) is 1. The number of carbonyl (C=O) groups excluding carboxylic acids is 1. The van der Waals surface area contributed by atoms with Gasteiger partial charge in [0.1, 0.15) is 5.78 Å². The maximum atomic E-state index is 13.6. The fourth-order valence-electron chi connectivity index (χ4n) is 4.81. The van der Waals surface area contributed by atoms with Gasteiger partial charge in [-0.15, -0.1) is 0 Å². The second-order valence-electron chi connectivity index (χ2n) is 12.7. The van der Waals surface area contributed by atoms with Gasteiger partial charge in [-0.05, 0) is 88.9 Å². The number of phosphoric ester groups is 1. The van der Waals surface area contributed by atoms with Crippen molar-refractivity contribution in [1.29, 1.82) is 0 Å². The van der Waals surface area contributed by atoms with E-state index in [4.69, 9.17) is 18.0 Å². The predicted octanol–water partition coefficient (Wildman–Crippen LogP) is 9.13. The van der Waals surface area contributed by atoms with E-state index in [1.807, 2.05) is 13.0 Å². The van der Waals surface area contributed by atoms with Crippen molar-refractivity contribution in [3.63, 3.8) is 0 Å². The number of phosphoric acid groups is 1. The Bertz CT molecular complexity index is 847. The van der Waals surface area contributed by atoms with E-state index in [-0.39, 0.29) is 42.8 Å². The van der Waals surface area contributed by atoms with Gasteiger partial charge in [0.15, 0.2) is 8.32 Å². The first-order chi connectivity index (χ1) is 17.5. The first kappa shape index (κ1) is 35.5. The van der Waals surface area contributed by atoms with Gasteiger partial charge >= 0.3 is 7.82 Å². The molecule has 1 aliphatic rings. The molecule has 6 nitrogen and oxygen atoms in total. The molecule has 0 bridgehead atoms. The first-order valence-electron chi connectivity index (χ1n) is 14.6. The lowest BCUT2D eigenvalue weighted by molar-refractivity contribution is -0.135. The summed E-state index contributed by atoms with van der Waals surface area (Å²) < 4.78 is 35.4. The summed E-state index contributed by atoms with van der Waals surface area (Å²) >= 11 is 0. The van der Waals surface area contributed by atoms with Crippen LogP contribution in [0.3, 0.4) is 0 Å². The smallest absolute Gasteiger partial charge is 0.410 e. The maximum absolute atomic E-state index is 13.6. The summed E-state index contributed by atoms with van der Waals surface area (Å²) in [4.78, 5) is 13.6. The quantitative estimate of drug-likeness (QED) is 0.111. The van der Waals surface area contributed by atoms with E-state index in [1.165, 1.54) is 0 Å². The van der Waals surface area contributed by atoms with Gasteiger partial charge in [-0.25, -0.2) is 4.57 Å². The van der Waals surface area contributed by atoms with Crippen molar-refractivity contribution in [2.75, 3.05) is 19.8 Å². The molecule has 4 atom stereocenters. The van der Waals surface area contributed by atoms with Gasteiger partial charge in [0.2, 0.25) is 0 Å². The van der Waals surface area contributed by atoms with Crippen LogP contribution in [-0.2, 0) is 27.4 Å². The highest BCUT2D eigenvalue weighted by Crippen LogP contribution is 2.49. The molecule has 1 aliphatic carbocycles. The molecule has 0 radical (unpaired) electrons. The molecule has 1 fully saturated rings. The van der Waals surface area contributed by atoms with Gasteiger partial charge < -0.3 is 4.43 Å². The predicted molar refractivity (Wildman–Crippen MR) is 161 cm³/mol. The molecule has 0 N–H and O–H groups in total. The number of ketones is 1. The molecular formula is C30H57O6PSi. The fourth-order valence-corrected chi connectivity index (χ4v) is 7.25. The maximum Gasteiger partial charge on any atom is 0.475 e. The van der Waals surface area contributed by atoms with Crippen LogP contribution in [0.1, 0.15) is 94.9 Å². The van der Waals surface area contributed by atoms with Crippen molar-refractivity contribution in [2.24, 2.45) is 23.7 Å². The standard InChI is InChI=1S/C30H57O6PSi/c1-13-33-37(32,34-14-2)35-21-20-23(5)16-15-17-25(7)29(36-38(11,12)30(8,9)10)27-26(22(3)4)19-18-24(6)28(27)31/h17,20,22,24,26-27,29H,13-16,18-19,21H2,1-12H3/b23-20+,25-17+/t24-,26+,27+,29-/m0/s1. The Morgan fingerprint density at radius 2 is 1.63 bits per heavy atom. The average molecular weight is 573 g/mol. The number of hydrogen-bond donors (Lipinski definition) is 0. The molecule has 1 saturated carbocycles. The Kier molecular flexibility index (Phi) is 14.4. The molecule has 0 spiro atoms. The molecule has 0 saturated heterocycles. The van der Waals surface area contributed by atoms with Gasteiger partial charge in [-0.2, -0.15) is 0 Å². The zero-order valence-corrected chi connectivity index (χ0v) is 28.3. The Morgan fingerprint density at radius 3 is 2.13 bits per heavy atom. The van der Waals surface area contributed by atoms with E-state index >= 15 is 0 Å². The van der Waals surface area contributed by atoms with Crippen molar-refractivity contribution in [2.45, 2.75) is 119 Å². The molecule has 0 aromatic carbocycles. The van der Waals surface area contributed by atoms with Gasteiger partial charge in [0.25, 0.3) is 0 Å². The molecule has 0 aromatic heterocycles. The molecular weight excluding hydrogens is 515 g/mol. The van der Waals surface area contributed by atoms with Crippen LogP contribution < -0.4 is 0 Å². The third kappa shape index (κ3) is 10.4. The summed E-state index contributed by atoms with van der Waals surface area (Å²) in [5.41, 5.74) is 2.30. The van der Waals surface area contributed by atoms with Gasteiger partial charge in [0, 0.05) is 11.8 Å². The van der Waals surface area contributed by atoms with Crippen molar-refractivity contribution < 1.29 is 27.4 Å². The van der Waals surface area contributed by atoms with Crippen LogP contribution in [0.5, 0.6) is 0 Å². The Hall–Kier alpha value is -0.563. The highest BCUT2D eigenvalue weighted by atomic mass is 31.2. The summed E-state index contributed by atoms with van der Waals surface area (Å²) in [6, 6.07) is 0. The van der Waals surface area contributed by atoms with E-state index < -0.39 is 16.1 Å². The van der Waals surface area contributed by atoms with Crippen LogP contribution in [0, 0.1) is 23.7 Å². The number of carbonyl (C=O) groups is 1. The molecule has 0 aromatic rings. The summed E-state index contributed by atoms with van der Waals surface area (Å²) in [7, 11) is -5.62. The molecule has 0 amide bonds. The molecule has 0 aliphatic heterocycles. The highest BCUT2D eigenvalue weighted by molar-refractivity contribution is 7.48. The minimum absolute atomic E-state index is 0.0595. The van der Waals surface area contributed by atoms with E-state index in [0.717, 1.165) is 36.8 Å². The molecule has 1 rings (SSSR count). The van der Waals surface area contributed by atoms with Gasteiger partial charge in [0.05, 0.1) is 25.9 Å². The minimum atomic E-state index is -3.51. The first-order valence-corrected chi connectivity index (χ1v) is 18.9. The molecule has 38 heavy (non-hydrogen) atoms. The third-order valence-electron chi connectivity index (χ3n) is 8.31. The van der Waals surface area contributed by atoms with E-state index in [1.54, 1.807) is 13.8 Å². The Balaban J connectivity index is 3.10. The largest absolute Gasteiger partial charge is 0.475 e. The fraction of sp³-hybridized carbons (Fsp3) is 0.833. The van der Waals surface area contributed by atoms with Crippen LogP contribution in [0.2, 0.25) is 18.1 Å². The van der Waals surface area contributed by atoms with E-state index in [9.17, 15) is 9.36 Å². The summed E-state index contributed by atoms with van der Waals surface area (Å²) in [5.74, 6) is 1.13. The van der Waals surface area contributed by atoms with E-state index in [2.05, 4.69) is 67.6 Å². The zero-order valence-electron chi connectivity index (χ0n) is 26.4. The summed E-state index contributed by atoms with van der Waals surface area (Å²) in [6.07, 6.45) is 7.72. The van der Waals surface area contributed by atoms with Crippen molar-refractivity contribution in [3.8, 4) is 0 Å². The van der Waals surface area contributed by atoms with Crippen molar-refractivity contribution in [1.82, 2.24) is 0 Å². The van der Waals surface area contributed by atoms with Gasteiger partial charge in [-0.1, -0.05) is 59.3 Å². The normalized spacial score (nSPS) is 23.3. The average Bonchev–Trinajstić information content (AvgIpc) is 2.78. The lowest BCUT2D eigenvalue weighted by Crippen LogP contribution is -2.51. The van der Waals surface area contributed by atoms with Crippen molar-refractivity contribution >= 4 is 21.9 Å². The molecule has 0 unspecified atom stereocenters. The zero-order chi connectivity index (χ0) is 29.3. The lowest BCUT2D eigenvalue weighted by Gasteiger charge is -2.46. The minimum Gasteiger partial charge on any atom is -0.410 e. The SMILES string of the molecule is CCOP(=O)(OCC)OC/C=C(\C)CC/C=C(\C)[C@H](O[Si](C)(C)C(C)(C)C)[C@H]1C(=O)[C@@H](C)CC[C@@H]1C(C)C. The highest BCUT2D eigenvalue weighted by Gasteiger charge is 2.47. The third-order valence-corrected chi connectivity index (χ3v) is 14.4. The second-order valence-corrected chi connectivity index (χ2v) is 19.2. The van der Waals surface area contributed by atoms with E-state index in [0.29, 0.717) is 17.6 Å². The monoisotopic (exact) mass is 572 g/mol. The molecule has 8 heteroatoms. The van der Waals surface area contributed by atoms with Crippen molar-refractivity contribution in [3.05, 3.63) is 23.3 Å². The Morgan fingerprint density at radius 1 is 1.05 bits per heavy atom. The molecule has 0 heterocycles. The lowest BCUT2D eigenvalue weighted by atomic mass is 9.66. The second kappa shape index (κ2) is 15.4.